The van der Waals surface area contributed by atoms with Crippen molar-refractivity contribution < 1.29 is 9.90 Å². The van der Waals surface area contributed by atoms with Crippen LogP contribution in [0, 0.1) is 6.92 Å². The minimum atomic E-state index is -0.121. The Morgan fingerprint density at radius 2 is 1.96 bits per heavy atom. The van der Waals surface area contributed by atoms with Gasteiger partial charge in [0.1, 0.15) is 0 Å². The molecule has 5 heteroatoms. The highest BCUT2D eigenvalue weighted by Crippen LogP contribution is 2.24. The second-order valence-corrected chi connectivity index (χ2v) is 6.31. The summed E-state index contributed by atoms with van der Waals surface area (Å²) in [7, 11) is 0. The lowest BCUT2D eigenvalue weighted by Gasteiger charge is -2.37. The number of carbonyl (C=O) groups excluding carboxylic acids is 1. The molecule has 1 unspecified atom stereocenters. The van der Waals surface area contributed by atoms with Gasteiger partial charge in [0.25, 0.3) is 0 Å². The summed E-state index contributed by atoms with van der Waals surface area (Å²) < 4.78 is 0. The number of nitrogens with zero attached hydrogens (tertiary/aromatic N) is 2. The number of carbonyl (C=O) groups is 1. The summed E-state index contributed by atoms with van der Waals surface area (Å²) in [5.41, 5.74) is 2.79. The largest absolute Gasteiger partial charge is 0.395 e. The van der Waals surface area contributed by atoms with Crippen molar-refractivity contribution in [1.82, 2.24) is 14.8 Å². The zero-order valence-corrected chi connectivity index (χ0v) is 13.9. The molecule has 1 atom stereocenters. The number of hydrogen-bond acceptors (Lipinski definition) is 4. The Bertz CT molecular complexity index is 687. The number of nitrogens with one attached hydrogen (secondary N) is 1. The van der Waals surface area contributed by atoms with Crippen molar-refractivity contribution in [2.75, 3.05) is 39.3 Å². The van der Waals surface area contributed by atoms with Crippen LogP contribution >= 0.6 is 0 Å². The van der Waals surface area contributed by atoms with Crippen LogP contribution in [-0.2, 0) is 0 Å². The molecular weight excluding hydrogens is 290 g/mol. The van der Waals surface area contributed by atoms with Gasteiger partial charge in [-0.05, 0) is 19.9 Å². The quantitative estimate of drug-likeness (QED) is 0.824. The van der Waals surface area contributed by atoms with E-state index in [2.05, 4.69) is 14.8 Å². The summed E-state index contributed by atoms with van der Waals surface area (Å²) in [4.78, 5) is 20.8. The average molecular weight is 315 g/mol. The van der Waals surface area contributed by atoms with Gasteiger partial charge < -0.3 is 10.1 Å². The summed E-state index contributed by atoms with van der Waals surface area (Å²) in [6.45, 7) is 8.45. The predicted octanol–water partition coefficient (Wildman–Crippen LogP) is 1.66. The number of benzene rings is 1. The minimum Gasteiger partial charge on any atom is -0.395 e. The molecule has 1 aromatic heterocycles. The fourth-order valence-electron chi connectivity index (χ4n) is 3.48. The molecule has 2 aromatic rings. The molecule has 1 aliphatic heterocycles. The van der Waals surface area contributed by atoms with Crippen molar-refractivity contribution >= 4 is 16.7 Å². The molecule has 0 radical (unpaired) electrons. The van der Waals surface area contributed by atoms with Crippen LogP contribution in [0.2, 0.25) is 0 Å². The topological polar surface area (TPSA) is 59.6 Å². The number of fused-ring (bicyclic) bond motifs is 1. The van der Waals surface area contributed by atoms with E-state index >= 15 is 0 Å². The third-order valence-corrected chi connectivity index (χ3v) is 4.89. The van der Waals surface area contributed by atoms with Gasteiger partial charge in [-0.2, -0.15) is 0 Å². The van der Waals surface area contributed by atoms with E-state index in [0.717, 1.165) is 54.9 Å². The highest BCUT2D eigenvalue weighted by Gasteiger charge is 2.28. The Hall–Kier alpha value is -1.69. The van der Waals surface area contributed by atoms with Gasteiger partial charge in [0.15, 0.2) is 5.78 Å². The van der Waals surface area contributed by atoms with E-state index in [-0.39, 0.29) is 18.4 Å². The number of Topliss-reactive ketones (excluding diaryl/α,β-unsaturated/α-hetero) is 1. The second-order valence-electron chi connectivity index (χ2n) is 6.31. The highest BCUT2D eigenvalue weighted by atomic mass is 16.3. The maximum absolute atomic E-state index is 13.0. The molecule has 0 aliphatic carbocycles. The van der Waals surface area contributed by atoms with E-state index < -0.39 is 0 Å². The van der Waals surface area contributed by atoms with Crippen molar-refractivity contribution in [3.63, 3.8) is 0 Å². The van der Waals surface area contributed by atoms with E-state index in [1.807, 2.05) is 38.1 Å². The standard InChI is InChI=1S/C18H25N3O2/c1-13-17(15-5-3-4-6-16(15)19-13)18(23)14(2)21-9-7-20(8-10-21)11-12-22/h3-6,14,19,22H,7-12H2,1-2H3. The summed E-state index contributed by atoms with van der Waals surface area (Å²) in [6.07, 6.45) is 0. The Kier molecular flexibility index (Phi) is 4.80. The zero-order chi connectivity index (χ0) is 16.4. The monoisotopic (exact) mass is 315 g/mol. The highest BCUT2D eigenvalue weighted by molar-refractivity contribution is 6.11. The van der Waals surface area contributed by atoms with E-state index in [4.69, 9.17) is 5.11 Å². The van der Waals surface area contributed by atoms with E-state index in [0.29, 0.717) is 0 Å². The minimum absolute atomic E-state index is 0.121. The maximum Gasteiger partial charge on any atom is 0.182 e. The van der Waals surface area contributed by atoms with Gasteiger partial charge in [-0.1, -0.05) is 18.2 Å². The molecule has 1 fully saturated rings. The molecule has 124 valence electrons. The summed E-state index contributed by atoms with van der Waals surface area (Å²) in [5.74, 6) is 0.190. The smallest absolute Gasteiger partial charge is 0.182 e. The Balaban J connectivity index is 1.76. The van der Waals surface area contributed by atoms with Crippen molar-refractivity contribution in [2.24, 2.45) is 0 Å². The fourth-order valence-corrected chi connectivity index (χ4v) is 3.48. The van der Waals surface area contributed by atoms with E-state index in [1.54, 1.807) is 0 Å². The van der Waals surface area contributed by atoms with Gasteiger partial charge in [0.05, 0.1) is 12.6 Å². The Morgan fingerprint density at radius 1 is 1.26 bits per heavy atom. The molecule has 3 rings (SSSR count). The van der Waals surface area contributed by atoms with Gasteiger partial charge in [0.2, 0.25) is 0 Å². The van der Waals surface area contributed by atoms with Crippen LogP contribution in [0.1, 0.15) is 23.0 Å². The van der Waals surface area contributed by atoms with Crippen molar-refractivity contribution in [2.45, 2.75) is 19.9 Å². The van der Waals surface area contributed by atoms with Crippen LogP contribution in [-0.4, -0.2) is 71.0 Å². The molecule has 2 heterocycles. The molecular formula is C18H25N3O2. The lowest BCUT2D eigenvalue weighted by molar-refractivity contribution is 0.0664. The molecule has 5 nitrogen and oxygen atoms in total. The molecule has 1 aliphatic rings. The van der Waals surface area contributed by atoms with Crippen LogP contribution in [0.5, 0.6) is 0 Å². The molecule has 23 heavy (non-hydrogen) atoms. The van der Waals surface area contributed by atoms with Crippen LogP contribution in [0.15, 0.2) is 24.3 Å². The number of aryl methyl sites for hydroxylation is 1. The van der Waals surface area contributed by atoms with Gasteiger partial charge in [-0.3, -0.25) is 14.6 Å². The predicted molar refractivity (Wildman–Crippen MR) is 91.9 cm³/mol. The molecule has 2 N–H and O–H groups in total. The van der Waals surface area contributed by atoms with Crippen LogP contribution < -0.4 is 0 Å². The number of aliphatic hydroxyl groups excluding tert-OH is 1. The number of para-hydroxylation sites is 1. The summed E-state index contributed by atoms with van der Waals surface area (Å²) in [5, 5.41) is 10.0. The lowest BCUT2D eigenvalue weighted by Crippen LogP contribution is -2.52. The van der Waals surface area contributed by atoms with E-state index in [1.165, 1.54) is 0 Å². The first-order valence-electron chi connectivity index (χ1n) is 8.30. The average Bonchev–Trinajstić information content (AvgIpc) is 2.90. The number of rotatable bonds is 5. The molecule has 0 amide bonds. The van der Waals surface area contributed by atoms with Gasteiger partial charge in [-0.15, -0.1) is 0 Å². The lowest BCUT2D eigenvalue weighted by atomic mass is 10.0. The molecule has 0 saturated carbocycles. The van der Waals surface area contributed by atoms with Crippen LogP contribution in [0.4, 0.5) is 0 Å². The first-order chi connectivity index (χ1) is 11.1. The number of hydrogen-bond donors (Lipinski definition) is 2. The number of ketones is 1. The molecule has 0 spiro atoms. The van der Waals surface area contributed by atoms with Crippen LogP contribution in [0.3, 0.4) is 0 Å². The molecule has 0 bridgehead atoms. The second kappa shape index (κ2) is 6.83. The number of H-pyrrole nitrogens is 1. The number of aliphatic hydroxyl groups is 1. The number of aromatic nitrogens is 1. The number of aromatic amines is 1. The first kappa shape index (κ1) is 16.2. The first-order valence-corrected chi connectivity index (χ1v) is 8.30. The van der Waals surface area contributed by atoms with Crippen LogP contribution in [0.25, 0.3) is 10.9 Å². The third kappa shape index (κ3) is 3.17. The van der Waals surface area contributed by atoms with Gasteiger partial charge in [-0.25, -0.2) is 0 Å². The zero-order valence-electron chi connectivity index (χ0n) is 13.9. The molecule has 1 saturated heterocycles. The fraction of sp³-hybridized carbons (Fsp3) is 0.500. The Labute approximate surface area is 136 Å². The summed E-state index contributed by atoms with van der Waals surface area (Å²) >= 11 is 0. The van der Waals surface area contributed by atoms with E-state index in [9.17, 15) is 4.79 Å². The van der Waals surface area contributed by atoms with Crippen molar-refractivity contribution in [3.8, 4) is 0 Å². The number of β-amino-alcohol motifs (C(OH)–C–C–N with tert-alkyl or cyclic N) is 1. The molecule has 1 aromatic carbocycles. The third-order valence-electron chi connectivity index (χ3n) is 4.89. The van der Waals surface area contributed by atoms with Gasteiger partial charge in [0, 0.05) is 54.9 Å². The normalized spacial score (nSPS) is 18.4. The Morgan fingerprint density at radius 3 is 2.65 bits per heavy atom. The maximum atomic E-state index is 13.0. The van der Waals surface area contributed by atoms with Crippen molar-refractivity contribution in [3.05, 3.63) is 35.5 Å². The SMILES string of the molecule is Cc1[nH]c2ccccc2c1C(=O)C(C)N1CCN(CCO)CC1. The van der Waals surface area contributed by atoms with Crippen molar-refractivity contribution in [1.29, 1.82) is 0 Å². The van der Waals surface area contributed by atoms with Gasteiger partial charge >= 0.3 is 0 Å². The number of piperazine rings is 1. The summed E-state index contributed by atoms with van der Waals surface area (Å²) in [6, 6.07) is 7.86.